The zero-order valence-electron chi connectivity index (χ0n) is 14.7. The van der Waals surface area contributed by atoms with Crippen molar-refractivity contribution in [1.29, 1.82) is 0 Å². The number of hydrogen-bond donors (Lipinski definition) is 0. The maximum absolute atomic E-state index is 4.94. The summed E-state index contributed by atoms with van der Waals surface area (Å²) in [6, 6.07) is 35.9. The van der Waals surface area contributed by atoms with E-state index in [0.717, 1.165) is 24.2 Å². The highest BCUT2D eigenvalue weighted by Gasteiger charge is 2.08. The van der Waals surface area contributed by atoms with Gasteiger partial charge in [-0.3, -0.25) is 4.98 Å². The highest BCUT2D eigenvalue weighted by atomic mass is 14.7. The molecule has 0 aliphatic rings. The molecule has 1 heterocycles. The number of benzene rings is 3. The van der Waals surface area contributed by atoms with E-state index in [9.17, 15) is 0 Å². The molecule has 0 fully saturated rings. The Morgan fingerprint density at radius 1 is 0.500 bits per heavy atom. The average Bonchev–Trinajstić information content (AvgIpc) is 2.74. The smallest absolute Gasteiger partial charge is 0.0711 e. The molecule has 0 saturated carbocycles. The molecule has 0 saturated heterocycles. The van der Waals surface area contributed by atoms with Crippen molar-refractivity contribution in [3.8, 4) is 22.4 Å². The van der Waals surface area contributed by atoms with Crippen LogP contribution in [0.5, 0.6) is 0 Å². The van der Waals surface area contributed by atoms with Crippen LogP contribution >= 0.6 is 0 Å². The Balaban J connectivity index is 1.63. The van der Waals surface area contributed by atoms with Crippen molar-refractivity contribution in [3.63, 3.8) is 0 Å². The molecule has 0 N–H and O–H groups in total. The third-order valence-electron chi connectivity index (χ3n) is 4.61. The summed E-state index contributed by atoms with van der Waals surface area (Å²) in [5, 5.41) is 0. The topological polar surface area (TPSA) is 12.9 Å². The van der Waals surface area contributed by atoms with E-state index in [1.165, 1.54) is 22.3 Å². The first kappa shape index (κ1) is 16.3. The van der Waals surface area contributed by atoms with Gasteiger partial charge in [-0.25, -0.2) is 0 Å². The summed E-state index contributed by atoms with van der Waals surface area (Å²) in [7, 11) is 0. The summed E-state index contributed by atoms with van der Waals surface area (Å²) in [4.78, 5) is 4.94. The van der Waals surface area contributed by atoms with Crippen LogP contribution in [0.25, 0.3) is 22.4 Å². The Morgan fingerprint density at radius 3 is 1.92 bits per heavy atom. The van der Waals surface area contributed by atoms with Gasteiger partial charge in [0.15, 0.2) is 0 Å². The van der Waals surface area contributed by atoms with E-state index >= 15 is 0 Å². The number of hydrogen-bond acceptors (Lipinski definition) is 1. The first-order chi connectivity index (χ1) is 12.9. The number of rotatable bonds is 5. The lowest BCUT2D eigenvalue weighted by atomic mass is 9.97. The van der Waals surface area contributed by atoms with Gasteiger partial charge in [-0.05, 0) is 41.7 Å². The summed E-state index contributed by atoms with van der Waals surface area (Å²) in [6.45, 7) is 0. The summed E-state index contributed by atoms with van der Waals surface area (Å²) >= 11 is 0. The van der Waals surface area contributed by atoms with Crippen LogP contribution in [0.15, 0.2) is 103 Å². The molecule has 126 valence electrons. The number of aromatic nitrogens is 1. The van der Waals surface area contributed by atoms with E-state index < -0.39 is 0 Å². The van der Waals surface area contributed by atoms with Gasteiger partial charge < -0.3 is 0 Å². The largest absolute Gasteiger partial charge is 0.253 e. The summed E-state index contributed by atoms with van der Waals surface area (Å²) < 4.78 is 0. The fraction of sp³-hybridized carbons (Fsp3) is 0.0800. The first-order valence-electron chi connectivity index (χ1n) is 9.05. The molecule has 1 heteroatoms. The minimum atomic E-state index is 0.950. The Hall–Kier alpha value is -3.19. The van der Waals surface area contributed by atoms with E-state index in [1.807, 2.05) is 0 Å². The van der Waals surface area contributed by atoms with Crippen molar-refractivity contribution in [2.24, 2.45) is 0 Å². The van der Waals surface area contributed by atoms with Crippen LogP contribution in [0.2, 0.25) is 0 Å². The normalized spacial score (nSPS) is 10.6. The SMILES string of the molecule is c1ccc(CCc2cccc(-c3ccccc3-c3ccccc3)n2)cc1. The van der Waals surface area contributed by atoms with Crippen molar-refractivity contribution in [1.82, 2.24) is 4.98 Å². The molecule has 4 aromatic rings. The van der Waals surface area contributed by atoms with Crippen molar-refractivity contribution in [2.45, 2.75) is 12.8 Å². The van der Waals surface area contributed by atoms with E-state index in [4.69, 9.17) is 4.98 Å². The first-order valence-corrected chi connectivity index (χ1v) is 9.05. The van der Waals surface area contributed by atoms with Crippen LogP contribution in [-0.4, -0.2) is 4.98 Å². The molecule has 0 unspecified atom stereocenters. The fourth-order valence-corrected chi connectivity index (χ4v) is 3.26. The van der Waals surface area contributed by atoms with Crippen LogP contribution < -0.4 is 0 Å². The molecular weight excluding hydrogens is 314 g/mol. The molecule has 3 aromatic carbocycles. The van der Waals surface area contributed by atoms with E-state index in [0.29, 0.717) is 0 Å². The molecule has 0 radical (unpaired) electrons. The lowest BCUT2D eigenvalue weighted by Gasteiger charge is -2.11. The minimum absolute atomic E-state index is 0.950. The van der Waals surface area contributed by atoms with Gasteiger partial charge in [0.2, 0.25) is 0 Å². The van der Waals surface area contributed by atoms with Crippen LogP contribution in [0, 0.1) is 0 Å². The van der Waals surface area contributed by atoms with Gasteiger partial charge in [0, 0.05) is 11.3 Å². The molecule has 0 amide bonds. The lowest BCUT2D eigenvalue weighted by Crippen LogP contribution is -1.96. The number of pyridine rings is 1. The molecule has 1 aromatic heterocycles. The maximum Gasteiger partial charge on any atom is 0.0711 e. The maximum atomic E-state index is 4.94. The standard InChI is InChI=1S/C25H21N/c1-3-10-20(11-4-1)18-19-22-14-9-17-25(26-22)24-16-8-7-15-23(24)21-12-5-2-6-13-21/h1-17H,18-19H2. The molecule has 0 bridgehead atoms. The van der Waals surface area contributed by atoms with Gasteiger partial charge in [0.05, 0.1) is 5.69 Å². The second-order valence-corrected chi connectivity index (χ2v) is 6.41. The van der Waals surface area contributed by atoms with Gasteiger partial charge in [0.25, 0.3) is 0 Å². The van der Waals surface area contributed by atoms with Crippen molar-refractivity contribution in [3.05, 3.63) is 114 Å². The number of nitrogens with zero attached hydrogens (tertiary/aromatic N) is 1. The highest BCUT2D eigenvalue weighted by Crippen LogP contribution is 2.30. The van der Waals surface area contributed by atoms with Gasteiger partial charge >= 0.3 is 0 Å². The highest BCUT2D eigenvalue weighted by molar-refractivity contribution is 5.81. The lowest BCUT2D eigenvalue weighted by molar-refractivity contribution is 0.916. The average molecular weight is 335 g/mol. The Bertz CT molecular complexity index is 975. The predicted octanol–water partition coefficient (Wildman–Crippen LogP) is 6.20. The van der Waals surface area contributed by atoms with Gasteiger partial charge in [-0.1, -0.05) is 91.0 Å². The molecule has 0 atom stereocenters. The van der Waals surface area contributed by atoms with Gasteiger partial charge in [-0.15, -0.1) is 0 Å². The van der Waals surface area contributed by atoms with Crippen molar-refractivity contribution < 1.29 is 0 Å². The predicted molar refractivity (Wildman–Crippen MR) is 109 cm³/mol. The monoisotopic (exact) mass is 335 g/mol. The molecule has 0 spiro atoms. The Kier molecular flexibility index (Phi) is 4.88. The zero-order chi connectivity index (χ0) is 17.6. The van der Waals surface area contributed by atoms with Gasteiger partial charge in [0.1, 0.15) is 0 Å². The fourth-order valence-electron chi connectivity index (χ4n) is 3.26. The van der Waals surface area contributed by atoms with E-state index in [2.05, 4.69) is 103 Å². The summed E-state index contributed by atoms with van der Waals surface area (Å²) in [5.41, 5.74) is 7.15. The van der Waals surface area contributed by atoms with E-state index in [-0.39, 0.29) is 0 Å². The molecule has 0 aliphatic carbocycles. The Morgan fingerprint density at radius 2 is 1.15 bits per heavy atom. The van der Waals surface area contributed by atoms with E-state index in [1.54, 1.807) is 0 Å². The minimum Gasteiger partial charge on any atom is -0.253 e. The Labute approximate surface area is 155 Å². The second-order valence-electron chi connectivity index (χ2n) is 6.41. The molecule has 26 heavy (non-hydrogen) atoms. The summed E-state index contributed by atoms with van der Waals surface area (Å²) in [5.74, 6) is 0. The third kappa shape index (κ3) is 3.73. The molecular formula is C25H21N. The molecule has 0 aliphatic heterocycles. The van der Waals surface area contributed by atoms with Crippen LogP contribution in [0.1, 0.15) is 11.3 Å². The van der Waals surface area contributed by atoms with Crippen LogP contribution in [-0.2, 0) is 12.8 Å². The molecule has 4 rings (SSSR count). The van der Waals surface area contributed by atoms with Gasteiger partial charge in [-0.2, -0.15) is 0 Å². The zero-order valence-corrected chi connectivity index (χ0v) is 14.7. The molecule has 1 nitrogen and oxygen atoms in total. The second kappa shape index (κ2) is 7.79. The van der Waals surface area contributed by atoms with Crippen molar-refractivity contribution >= 4 is 0 Å². The third-order valence-corrected chi connectivity index (χ3v) is 4.61. The van der Waals surface area contributed by atoms with Crippen LogP contribution in [0.3, 0.4) is 0 Å². The quantitative estimate of drug-likeness (QED) is 0.423. The summed E-state index contributed by atoms with van der Waals surface area (Å²) in [6.07, 6.45) is 1.96. The van der Waals surface area contributed by atoms with Crippen LogP contribution in [0.4, 0.5) is 0 Å². The van der Waals surface area contributed by atoms with Crippen molar-refractivity contribution in [2.75, 3.05) is 0 Å². The number of aryl methyl sites for hydroxylation is 2.